The molecule has 0 N–H and O–H groups in total. The summed E-state index contributed by atoms with van der Waals surface area (Å²) in [7, 11) is -2.78. The molecule has 1 aliphatic carbocycles. The molecule has 0 amide bonds. The van der Waals surface area contributed by atoms with Gasteiger partial charge in [0.25, 0.3) is 0 Å². The fourth-order valence-electron chi connectivity index (χ4n) is 2.25. The van der Waals surface area contributed by atoms with Crippen molar-refractivity contribution in [3.05, 3.63) is 0 Å². The van der Waals surface area contributed by atoms with Gasteiger partial charge in [0.2, 0.25) is 0 Å². The van der Waals surface area contributed by atoms with Gasteiger partial charge in [-0.05, 0) is 25.2 Å². The van der Waals surface area contributed by atoms with Crippen LogP contribution in [0.15, 0.2) is 0 Å². The molecular weight excluding hydrogens is 184 g/mol. The van der Waals surface area contributed by atoms with E-state index in [4.69, 9.17) is 0 Å². The van der Waals surface area contributed by atoms with Crippen LogP contribution in [0.4, 0.5) is 0 Å². The molecule has 0 heterocycles. The van der Waals surface area contributed by atoms with Gasteiger partial charge in [-0.15, -0.1) is 0 Å². The second-order valence-corrected chi connectivity index (χ2v) is 6.51. The highest BCUT2D eigenvalue weighted by molar-refractivity contribution is 7.92. The van der Waals surface area contributed by atoms with Crippen LogP contribution in [0.25, 0.3) is 0 Å². The van der Waals surface area contributed by atoms with Crippen LogP contribution in [0, 0.1) is 5.92 Å². The topological polar surface area (TPSA) is 34.1 Å². The SMILES string of the molecule is CCCS(=O)(=O)C1CCCCC1C. The minimum atomic E-state index is -2.78. The molecule has 3 heteroatoms. The Morgan fingerprint density at radius 3 is 2.38 bits per heavy atom. The van der Waals surface area contributed by atoms with Gasteiger partial charge in [0, 0.05) is 0 Å². The number of sulfone groups is 1. The Hall–Kier alpha value is -0.0500. The minimum Gasteiger partial charge on any atom is -0.229 e. The number of hydrogen-bond acceptors (Lipinski definition) is 2. The Balaban J connectivity index is 2.68. The van der Waals surface area contributed by atoms with Crippen molar-refractivity contribution in [2.75, 3.05) is 5.75 Å². The largest absolute Gasteiger partial charge is 0.229 e. The summed E-state index contributed by atoms with van der Waals surface area (Å²) in [6, 6.07) is 0. The maximum atomic E-state index is 11.8. The molecule has 0 aromatic rings. The van der Waals surface area contributed by atoms with Crippen molar-refractivity contribution in [1.82, 2.24) is 0 Å². The molecule has 0 aromatic carbocycles. The molecule has 2 atom stereocenters. The first kappa shape index (κ1) is 11.0. The van der Waals surface area contributed by atoms with E-state index in [1.807, 2.05) is 6.92 Å². The molecule has 2 unspecified atom stereocenters. The van der Waals surface area contributed by atoms with E-state index in [0.717, 1.165) is 25.7 Å². The second-order valence-electron chi connectivity index (χ2n) is 4.17. The van der Waals surface area contributed by atoms with E-state index in [1.165, 1.54) is 6.42 Å². The molecule has 0 bridgehead atoms. The van der Waals surface area contributed by atoms with E-state index < -0.39 is 9.84 Å². The average Bonchev–Trinajstić information content (AvgIpc) is 2.04. The van der Waals surface area contributed by atoms with Crippen LogP contribution < -0.4 is 0 Å². The first-order valence-electron chi connectivity index (χ1n) is 5.29. The van der Waals surface area contributed by atoms with Gasteiger partial charge >= 0.3 is 0 Å². The third kappa shape index (κ3) is 2.70. The molecule has 2 nitrogen and oxygen atoms in total. The summed E-state index contributed by atoms with van der Waals surface area (Å²) in [6.45, 7) is 4.02. The van der Waals surface area contributed by atoms with Gasteiger partial charge in [-0.1, -0.05) is 26.7 Å². The predicted molar refractivity (Wildman–Crippen MR) is 55.5 cm³/mol. The van der Waals surface area contributed by atoms with Gasteiger partial charge in [0.15, 0.2) is 9.84 Å². The summed E-state index contributed by atoms with van der Waals surface area (Å²) >= 11 is 0. The van der Waals surface area contributed by atoms with E-state index in [9.17, 15) is 8.42 Å². The van der Waals surface area contributed by atoms with Crippen LogP contribution in [-0.2, 0) is 9.84 Å². The molecule has 13 heavy (non-hydrogen) atoms. The third-order valence-corrected chi connectivity index (χ3v) is 5.58. The lowest BCUT2D eigenvalue weighted by atomic mass is 9.90. The fourth-order valence-corrected chi connectivity index (χ4v) is 4.49. The van der Waals surface area contributed by atoms with Gasteiger partial charge < -0.3 is 0 Å². The summed E-state index contributed by atoms with van der Waals surface area (Å²) < 4.78 is 23.6. The first-order chi connectivity index (χ1) is 6.08. The molecule has 1 aliphatic rings. The van der Waals surface area contributed by atoms with Crippen molar-refractivity contribution < 1.29 is 8.42 Å². The van der Waals surface area contributed by atoms with E-state index in [0.29, 0.717) is 11.7 Å². The maximum absolute atomic E-state index is 11.8. The zero-order valence-corrected chi connectivity index (χ0v) is 9.44. The standard InChI is InChI=1S/C10H20O2S/c1-3-8-13(11,12)10-7-5-4-6-9(10)2/h9-10H,3-8H2,1-2H3. The Morgan fingerprint density at radius 2 is 1.85 bits per heavy atom. The van der Waals surface area contributed by atoms with Crippen LogP contribution >= 0.6 is 0 Å². The molecule has 0 spiro atoms. The smallest absolute Gasteiger partial charge is 0.153 e. The van der Waals surface area contributed by atoms with Gasteiger partial charge in [0.05, 0.1) is 11.0 Å². The van der Waals surface area contributed by atoms with Crippen molar-refractivity contribution in [2.45, 2.75) is 51.2 Å². The lowest BCUT2D eigenvalue weighted by molar-refractivity contribution is 0.381. The highest BCUT2D eigenvalue weighted by Gasteiger charge is 2.31. The van der Waals surface area contributed by atoms with Crippen molar-refractivity contribution in [2.24, 2.45) is 5.92 Å². The van der Waals surface area contributed by atoms with Crippen LogP contribution in [-0.4, -0.2) is 19.4 Å². The van der Waals surface area contributed by atoms with Gasteiger partial charge in [0.1, 0.15) is 0 Å². The molecule has 1 fully saturated rings. The summed E-state index contributed by atoms with van der Waals surface area (Å²) in [5.41, 5.74) is 0. The first-order valence-corrected chi connectivity index (χ1v) is 7.01. The van der Waals surface area contributed by atoms with Gasteiger partial charge in [-0.3, -0.25) is 0 Å². The van der Waals surface area contributed by atoms with Gasteiger partial charge in [-0.25, -0.2) is 8.42 Å². The molecule has 78 valence electrons. The lowest BCUT2D eigenvalue weighted by Crippen LogP contribution is -2.32. The second kappa shape index (κ2) is 4.45. The van der Waals surface area contributed by atoms with Crippen molar-refractivity contribution in [3.8, 4) is 0 Å². The Kier molecular flexibility index (Phi) is 3.77. The molecule has 0 aliphatic heterocycles. The summed E-state index contributed by atoms with van der Waals surface area (Å²) in [5, 5.41) is -0.0406. The molecular formula is C10H20O2S. The zero-order valence-electron chi connectivity index (χ0n) is 8.62. The Bertz CT molecular complexity index is 244. The highest BCUT2D eigenvalue weighted by Crippen LogP contribution is 2.29. The van der Waals surface area contributed by atoms with Crippen LogP contribution in [0.3, 0.4) is 0 Å². The minimum absolute atomic E-state index is 0.0406. The fraction of sp³-hybridized carbons (Fsp3) is 1.00. The van der Waals surface area contributed by atoms with Gasteiger partial charge in [-0.2, -0.15) is 0 Å². The monoisotopic (exact) mass is 204 g/mol. The molecule has 0 radical (unpaired) electrons. The predicted octanol–water partition coefficient (Wildman–Crippen LogP) is 2.39. The van der Waals surface area contributed by atoms with Crippen LogP contribution in [0.2, 0.25) is 0 Å². The normalized spacial score (nSPS) is 30.3. The van der Waals surface area contributed by atoms with Crippen molar-refractivity contribution in [1.29, 1.82) is 0 Å². The Morgan fingerprint density at radius 1 is 1.23 bits per heavy atom. The average molecular weight is 204 g/mol. The van der Waals surface area contributed by atoms with Crippen molar-refractivity contribution >= 4 is 9.84 Å². The summed E-state index contributed by atoms with van der Waals surface area (Å²) in [6.07, 6.45) is 5.04. The molecule has 0 saturated heterocycles. The van der Waals surface area contributed by atoms with E-state index in [2.05, 4.69) is 6.92 Å². The molecule has 1 rings (SSSR count). The van der Waals surface area contributed by atoms with E-state index in [-0.39, 0.29) is 5.25 Å². The molecule has 0 aromatic heterocycles. The van der Waals surface area contributed by atoms with Crippen LogP contribution in [0.1, 0.15) is 46.0 Å². The number of rotatable bonds is 3. The molecule has 1 saturated carbocycles. The highest BCUT2D eigenvalue weighted by atomic mass is 32.2. The third-order valence-electron chi connectivity index (χ3n) is 2.98. The van der Waals surface area contributed by atoms with E-state index in [1.54, 1.807) is 0 Å². The Labute approximate surface area is 81.6 Å². The van der Waals surface area contributed by atoms with Crippen molar-refractivity contribution in [3.63, 3.8) is 0 Å². The summed E-state index contributed by atoms with van der Waals surface area (Å²) in [4.78, 5) is 0. The lowest BCUT2D eigenvalue weighted by Gasteiger charge is -2.28. The zero-order chi connectivity index (χ0) is 9.90. The number of hydrogen-bond donors (Lipinski definition) is 0. The summed E-state index contributed by atoms with van der Waals surface area (Å²) in [5.74, 6) is 0.757. The van der Waals surface area contributed by atoms with Crippen LogP contribution in [0.5, 0.6) is 0 Å². The quantitative estimate of drug-likeness (QED) is 0.707. The van der Waals surface area contributed by atoms with E-state index >= 15 is 0 Å². The maximum Gasteiger partial charge on any atom is 0.153 e.